The van der Waals surface area contributed by atoms with Crippen molar-refractivity contribution in [2.75, 3.05) is 32.8 Å². The highest BCUT2D eigenvalue weighted by molar-refractivity contribution is 4.85. The van der Waals surface area contributed by atoms with Crippen molar-refractivity contribution in [1.29, 1.82) is 0 Å². The first kappa shape index (κ1) is 14.3. The Morgan fingerprint density at radius 2 is 1.94 bits per heavy atom. The van der Waals surface area contributed by atoms with Crippen LogP contribution >= 0.6 is 0 Å². The van der Waals surface area contributed by atoms with Gasteiger partial charge in [-0.3, -0.25) is 0 Å². The predicted molar refractivity (Wildman–Crippen MR) is 75.7 cm³/mol. The van der Waals surface area contributed by atoms with Gasteiger partial charge in [0.25, 0.3) is 0 Å². The summed E-state index contributed by atoms with van der Waals surface area (Å²) in [5, 5.41) is 12.8. The van der Waals surface area contributed by atoms with Crippen LogP contribution in [0.15, 0.2) is 0 Å². The maximum atomic E-state index is 9.17. The number of rotatable bonds is 6. The van der Waals surface area contributed by atoms with Crippen LogP contribution in [0, 0.1) is 11.8 Å². The first-order valence-electron chi connectivity index (χ1n) is 7.88. The van der Waals surface area contributed by atoms with E-state index in [1.54, 1.807) is 0 Å². The molecule has 0 aromatic heterocycles. The lowest BCUT2D eigenvalue weighted by Crippen LogP contribution is -2.50. The van der Waals surface area contributed by atoms with Crippen LogP contribution in [0.1, 0.15) is 45.4 Å². The zero-order valence-corrected chi connectivity index (χ0v) is 11.9. The van der Waals surface area contributed by atoms with Crippen molar-refractivity contribution in [3.8, 4) is 0 Å². The number of piperidine rings is 1. The van der Waals surface area contributed by atoms with E-state index in [9.17, 15) is 0 Å². The van der Waals surface area contributed by atoms with Crippen LogP contribution in [0.5, 0.6) is 0 Å². The van der Waals surface area contributed by atoms with Crippen LogP contribution in [0.25, 0.3) is 0 Å². The van der Waals surface area contributed by atoms with Crippen LogP contribution in [-0.4, -0.2) is 48.8 Å². The summed E-state index contributed by atoms with van der Waals surface area (Å²) in [7, 11) is 0. The molecule has 0 amide bonds. The topological polar surface area (TPSA) is 35.5 Å². The Balaban J connectivity index is 1.83. The zero-order chi connectivity index (χ0) is 12.8. The van der Waals surface area contributed by atoms with Crippen LogP contribution in [0.4, 0.5) is 0 Å². The average molecular weight is 254 g/mol. The van der Waals surface area contributed by atoms with Gasteiger partial charge in [0.15, 0.2) is 0 Å². The molecule has 1 aliphatic heterocycles. The summed E-state index contributed by atoms with van der Waals surface area (Å²) in [6.45, 7) is 7.32. The predicted octanol–water partition coefficient (Wildman–Crippen LogP) is 1.86. The minimum atomic E-state index is 0.348. The third-order valence-corrected chi connectivity index (χ3v) is 4.63. The molecular weight excluding hydrogens is 224 g/mol. The van der Waals surface area contributed by atoms with Crippen LogP contribution in [0.3, 0.4) is 0 Å². The molecule has 3 heteroatoms. The largest absolute Gasteiger partial charge is 0.396 e. The maximum Gasteiger partial charge on any atom is 0.0434 e. The summed E-state index contributed by atoms with van der Waals surface area (Å²) in [6.07, 6.45) is 7.98. The van der Waals surface area contributed by atoms with Crippen molar-refractivity contribution in [2.24, 2.45) is 11.8 Å². The van der Waals surface area contributed by atoms with Crippen molar-refractivity contribution in [2.45, 2.75) is 51.5 Å². The molecule has 1 aliphatic carbocycles. The minimum absolute atomic E-state index is 0.348. The summed E-state index contributed by atoms with van der Waals surface area (Å²) in [5.41, 5.74) is 0. The van der Waals surface area contributed by atoms with Crippen LogP contribution in [0.2, 0.25) is 0 Å². The molecular formula is C15H30N2O. The van der Waals surface area contributed by atoms with Gasteiger partial charge in [-0.2, -0.15) is 0 Å². The molecule has 1 saturated carbocycles. The van der Waals surface area contributed by atoms with Gasteiger partial charge in [0.2, 0.25) is 0 Å². The number of nitrogens with one attached hydrogen (secondary N) is 1. The molecule has 106 valence electrons. The smallest absolute Gasteiger partial charge is 0.0434 e. The Labute approximate surface area is 112 Å². The molecule has 1 saturated heterocycles. The van der Waals surface area contributed by atoms with Gasteiger partial charge in [0.05, 0.1) is 0 Å². The molecule has 0 radical (unpaired) electrons. The number of aliphatic hydroxyl groups excluding tert-OH is 1. The van der Waals surface area contributed by atoms with Gasteiger partial charge in [-0.1, -0.05) is 19.8 Å². The monoisotopic (exact) mass is 254 g/mol. The lowest BCUT2D eigenvalue weighted by molar-refractivity contribution is 0.108. The molecule has 0 aromatic carbocycles. The summed E-state index contributed by atoms with van der Waals surface area (Å²) in [5.74, 6) is 1.63. The average Bonchev–Trinajstić information content (AvgIpc) is 2.82. The summed E-state index contributed by atoms with van der Waals surface area (Å²) in [4.78, 5) is 2.66. The molecule has 2 rings (SSSR count). The molecule has 2 fully saturated rings. The Morgan fingerprint density at radius 3 is 2.61 bits per heavy atom. The van der Waals surface area contributed by atoms with Gasteiger partial charge in [0, 0.05) is 32.3 Å². The Bertz CT molecular complexity index is 215. The summed E-state index contributed by atoms with van der Waals surface area (Å²) in [6, 6.07) is 0.640. The highest BCUT2D eigenvalue weighted by atomic mass is 16.3. The van der Waals surface area contributed by atoms with Crippen LogP contribution in [-0.2, 0) is 0 Å². The number of likely N-dealkylation sites (tertiary alicyclic amines) is 1. The van der Waals surface area contributed by atoms with Gasteiger partial charge >= 0.3 is 0 Å². The maximum absolute atomic E-state index is 9.17. The normalized spacial score (nSPS) is 31.0. The lowest BCUT2D eigenvalue weighted by atomic mass is 9.91. The number of hydrogen-bond donors (Lipinski definition) is 2. The van der Waals surface area contributed by atoms with Gasteiger partial charge in [-0.05, 0) is 44.1 Å². The number of hydrogen-bond acceptors (Lipinski definition) is 3. The number of nitrogens with zero attached hydrogens (tertiary/aromatic N) is 1. The minimum Gasteiger partial charge on any atom is -0.396 e. The van der Waals surface area contributed by atoms with E-state index in [-0.39, 0.29) is 0 Å². The highest BCUT2D eigenvalue weighted by Gasteiger charge is 2.28. The van der Waals surface area contributed by atoms with E-state index in [1.165, 1.54) is 51.7 Å². The first-order valence-corrected chi connectivity index (χ1v) is 7.88. The van der Waals surface area contributed by atoms with Gasteiger partial charge in [-0.15, -0.1) is 0 Å². The van der Waals surface area contributed by atoms with Crippen molar-refractivity contribution in [1.82, 2.24) is 10.2 Å². The van der Waals surface area contributed by atoms with Crippen molar-refractivity contribution < 1.29 is 5.11 Å². The van der Waals surface area contributed by atoms with Crippen molar-refractivity contribution in [3.63, 3.8) is 0 Å². The quantitative estimate of drug-likeness (QED) is 0.759. The second kappa shape index (κ2) is 7.46. The van der Waals surface area contributed by atoms with E-state index >= 15 is 0 Å². The number of aliphatic hydroxyl groups is 1. The molecule has 0 aromatic rings. The van der Waals surface area contributed by atoms with Crippen molar-refractivity contribution >= 4 is 0 Å². The molecule has 3 nitrogen and oxygen atoms in total. The molecule has 0 spiro atoms. The lowest BCUT2D eigenvalue weighted by Gasteiger charge is -2.39. The third kappa shape index (κ3) is 4.22. The van der Waals surface area contributed by atoms with E-state index in [4.69, 9.17) is 5.11 Å². The molecule has 2 atom stereocenters. The van der Waals surface area contributed by atoms with E-state index in [2.05, 4.69) is 17.1 Å². The molecule has 2 N–H and O–H groups in total. The fourth-order valence-corrected chi connectivity index (χ4v) is 3.84. The summed E-state index contributed by atoms with van der Waals surface area (Å²) < 4.78 is 0. The Kier molecular flexibility index (Phi) is 5.93. The molecule has 2 unspecified atom stereocenters. The highest BCUT2D eigenvalue weighted by Crippen LogP contribution is 2.28. The second-order valence-electron chi connectivity index (χ2n) is 6.24. The van der Waals surface area contributed by atoms with Gasteiger partial charge in [0.1, 0.15) is 0 Å². The van der Waals surface area contributed by atoms with Gasteiger partial charge in [-0.25, -0.2) is 0 Å². The van der Waals surface area contributed by atoms with E-state index in [0.717, 1.165) is 18.9 Å². The van der Waals surface area contributed by atoms with E-state index in [1.807, 2.05) is 0 Å². The van der Waals surface area contributed by atoms with Crippen molar-refractivity contribution in [3.05, 3.63) is 0 Å². The zero-order valence-electron chi connectivity index (χ0n) is 11.9. The standard InChI is InChI=1S/C15H30N2O/c1-2-16-15-9-14(7-8-18)11-17(12-15)10-13-5-3-4-6-13/h13-16,18H,2-12H2,1H3. The van der Waals surface area contributed by atoms with Gasteiger partial charge < -0.3 is 15.3 Å². The molecule has 1 heterocycles. The first-order chi connectivity index (χ1) is 8.81. The van der Waals surface area contributed by atoms with Crippen LogP contribution < -0.4 is 5.32 Å². The Morgan fingerprint density at radius 1 is 1.17 bits per heavy atom. The SMILES string of the molecule is CCNC1CC(CCO)CN(CC2CCCC2)C1. The molecule has 18 heavy (non-hydrogen) atoms. The third-order valence-electron chi connectivity index (χ3n) is 4.63. The Hall–Kier alpha value is -0.120. The molecule has 2 aliphatic rings. The summed E-state index contributed by atoms with van der Waals surface area (Å²) >= 11 is 0. The fourth-order valence-electron chi connectivity index (χ4n) is 3.84. The van der Waals surface area contributed by atoms with E-state index in [0.29, 0.717) is 18.6 Å². The number of likely N-dealkylation sites (N-methyl/N-ethyl adjacent to an activating group) is 1. The molecule has 0 bridgehead atoms. The van der Waals surface area contributed by atoms with E-state index < -0.39 is 0 Å². The second-order valence-corrected chi connectivity index (χ2v) is 6.24. The fraction of sp³-hybridized carbons (Fsp3) is 1.00.